The highest BCUT2D eigenvalue weighted by molar-refractivity contribution is 5.40. The summed E-state index contributed by atoms with van der Waals surface area (Å²) in [7, 11) is 1.91. The summed E-state index contributed by atoms with van der Waals surface area (Å²) < 4.78 is 0. The van der Waals surface area contributed by atoms with E-state index in [1.807, 2.05) is 13.2 Å². The van der Waals surface area contributed by atoms with Gasteiger partial charge in [0.05, 0.1) is 11.9 Å². The smallest absolute Gasteiger partial charge is 0.0524 e. The molecule has 0 spiro atoms. The minimum absolute atomic E-state index is 0.765. The van der Waals surface area contributed by atoms with Crippen LogP contribution in [0.2, 0.25) is 0 Å². The summed E-state index contributed by atoms with van der Waals surface area (Å²) in [4.78, 5) is 4.35. The normalized spacial score (nSPS) is 16.5. The molecule has 1 saturated carbocycles. The van der Waals surface area contributed by atoms with Crippen LogP contribution in [0.3, 0.4) is 0 Å². The van der Waals surface area contributed by atoms with Crippen molar-refractivity contribution >= 4 is 5.69 Å². The van der Waals surface area contributed by atoms with E-state index in [4.69, 9.17) is 0 Å². The van der Waals surface area contributed by atoms with E-state index < -0.39 is 0 Å². The van der Waals surface area contributed by atoms with Crippen LogP contribution < -0.4 is 5.32 Å². The summed E-state index contributed by atoms with van der Waals surface area (Å²) in [5, 5.41) is 3.05. The second kappa shape index (κ2) is 2.53. The van der Waals surface area contributed by atoms with Crippen molar-refractivity contribution in [3.05, 3.63) is 24.0 Å². The zero-order valence-corrected chi connectivity index (χ0v) is 6.67. The molecule has 0 amide bonds. The first kappa shape index (κ1) is 6.65. The average Bonchev–Trinajstić information content (AvgIpc) is 2.87. The SMILES string of the molecule is CNc1ccc(C2CC2)nc1. The van der Waals surface area contributed by atoms with Gasteiger partial charge in [-0.2, -0.15) is 0 Å². The lowest BCUT2D eigenvalue weighted by molar-refractivity contribution is 1.02. The molecule has 1 fully saturated rings. The van der Waals surface area contributed by atoms with Crippen LogP contribution in [0, 0.1) is 0 Å². The number of aromatic nitrogens is 1. The van der Waals surface area contributed by atoms with E-state index in [0.717, 1.165) is 11.6 Å². The number of hydrogen-bond donors (Lipinski definition) is 1. The number of nitrogens with zero attached hydrogens (tertiary/aromatic N) is 1. The van der Waals surface area contributed by atoms with Crippen molar-refractivity contribution in [3.8, 4) is 0 Å². The minimum Gasteiger partial charge on any atom is -0.387 e. The summed E-state index contributed by atoms with van der Waals surface area (Å²) in [6.45, 7) is 0. The van der Waals surface area contributed by atoms with Gasteiger partial charge in [0.15, 0.2) is 0 Å². The van der Waals surface area contributed by atoms with Crippen LogP contribution in [0.4, 0.5) is 5.69 Å². The van der Waals surface area contributed by atoms with E-state index in [1.165, 1.54) is 18.5 Å². The van der Waals surface area contributed by atoms with Gasteiger partial charge in [0.1, 0.15) is 0 Å². The Labute approximate surface area is 66.7 Å². The lowest BCUT2D eigenvalue weighted by Crippen LogP contribution is -1.90. The predicted molar refractivity (Wildman–Crippen MR) is 45.8 cm³/mol. The van der Waals surface area contributed by atoms with Crippen LogP contribution in [-0.2, 0) is 0 Å². The van der Waals surface area contributed by atoms with E-state index in [-0.39, 0.29) is 0 Å². The van der Waals surface area contributed by atoms with Gasteiger partial charge in [-0.05, 0) is 25.0 Å². The number of hydrogen-bond acceptors (Lipinski definition) is 2. The lowest BCUT2D eigenvalue weighted by Gasteiger charge is -1.99. The van der Waals surface area contributed by atoms with Crippen molar-refractivity contribution in [3.63, 3.8) is 0 Å². The maximum absolute atomic E-state index is 4.35. The fourth-order valence-corrected chi connectivity index (χ4v) is 1.17. The number of anilines is 1. The van der Waals surface area contributed by atoms with E-state index in [2.05, 4.69) is 22.4 Å². The van der Waals surface area contributed by atoms with Crippen molar-refractivity contribution in [2.75, 3.05) is 12.4 Å². The molecule has 1 N–H and O–H groups in total. The Hall–Kier alpha value is -1.05. The van der Waals surface area contributed by atoms with Gasteiger partial charge in [0.2, 0.25) is 0 Å². The zero-order chi connectivity index (χ0) is 7.68. The van der Waals surface area contributed by atoms with Gasteiger partial charge in [-0.3, -0.25) is 4.98 Å². The maximum Gasteiger partial charge on any atom is 0.0524 e. The molecule has 0 radical (unpaired) electrons. The van der Waals surface area contributed by atoms with Crippen molar-refractivity contribution in [2.45, 2.75) is 18.8 Å². The number of rotatable bonds is 2. The van der Waals surface area contributed by atoms with Gasteiger partial charge in [0, 0.05) is 18.7 Å². The highest BCUT2D eigenvalue weighted by atomic mass is 14.8. The van der Waals surface area contributed by atoms with Gasteiger partial charge in [-0.15, -0.1) is 0 Å². The van der Waals surface area contributed by atoms with Crippen LogP contribution in [0.1, 0.15) is 24.5 Å². The highest BCUT2D eigenvalue weighted by Crippen LogP contribution is 2.38. The van der Waals surface area contributed by atoms with E-state index >= 15 is 0 Å². The Bertz CT molecular complexity index is 236. The molecule has 0 saturated heterocycles. The van der Waals surface area contributed by atoms with Gasteiger partial charge >= 0.3 is 0 Å². The quantitative estimate of drug-likeness (QED) is 0.693. The molecular formula is C9H12N2. The third-order valence-electron chi connectivity index (χ3n) is 2.07. The van der Waals surface area contributed by atoms with Crippen molar-refractivity contribution in [2.24, 2.45) is 0 Å². The molecule has 0 aromatic carbocycles. The van der Waals surface area contributed by atoms with Crippen LogP contribution in [0.5, 0.6) is 0 Å². The molecule has 1 aliphatic rings. The fraction of sp³-hybridized carbons (Fsp3) is 0.444. The largest absolute Gasteiger partial charge is 0.387 e. The number of nitrogens with one attached hydrogen (secondary N) is 1. The molecule has 11 heavy (non-hydrogen) atoms. The highest BCUT2D eigenvalue weighted by Gasteiger charge is 2.24. The molecule has 1 aliphatic carbocycles. The van der Waals surface area contributed by atoms with Crippen LogP contribution in [0.15, 0.2) is 18.3 Å². The van der Waals surface area contributed by atoms with E-state index in [0.29, 0.717) is 0 Å². The van der Waals surface area contributed by atoms with E-state index in [9.17, 15) is 0 Å². The standard InChI is InChI=1S/C9H12N2/c1-10-8-4-5-9(11-6-8)7-2-3-7/h4-7,10H,2-3H2,1H3. The van der Waals surface area contributed by atoms with E-state index in [1.54, 1.807) is 0 Å². The average molecular weight is 148 g/mol. The summed E-state index contributed by atoms with van der Waals surface area (Å²) in [6.07, 6.45) is 4.55. The molecule has 0 atom stereocenters. The molecule has 2 rings (SSSR count). The minimum atomic E-state index is 0.765. The molecule has 2 nitrogen and oxygen atoms in total. The van der Waals surface area contributed by atoms with Gasteiger partial charge < -0.3 is 5.32 Å². The third-order valence-corrected chi connectivity index (χ3v) is 2.07. The second-order valence-corrected chi connectivity index (χ2v) is 3.00. The molecule has 1 aromatic rings. The van der Waals surface area contributed by atoms with Crippen LogP contribution in [-0.4, -0.2) is 12.0 Å². The topological polar surface area (TPSA) is 24.9 Å². The monoisotopic (exact) mass is 148 g/mol. The molecule has 1 aromatic heterocycles. The first-order valence-electron chi connectivity index (χ1n) is 4.04. The molecule has 0 aliphatic heterocycles. The Morgan fingerprint density at radius 1 is 1.45 bits per heavy atom. The molecule has 0 unspecified atom stereocenters. The Morgan fingerprint density at radius 2 is 2.27 bits per heavy atom. The third kappa shape index (κ3) is 1.34. The molecular weight excluding hydrogens is 136 g/mol. The first-order chi connectivity index (χ1) is 5.40. The molecule has 0 bridgehead atoms. The summed E-state index contributed by atoms with van der Waals surface area (Å²) in [6, 6.07) is 4.20. The van der Waals surface area contributed by atoms with Gasteiger partial charge in [-0.25, -0.2) is 0 Å². The van der Waals surface area contributed by atoms with Crippen LogP contribution in [0.25, 0.3) is 0 Å². The van der Waals surface area contributed by atoms with Crippen molar-refractivity contribution in [1.29, 1.82) is 0 Å². The van der Waals surface area contributed by atoms with Crippen molar-refractivity contribution < 1.29 is 0 Å². The van der Waals surface area contributed by atoms with Crippen LogP contribution >= 0.6 is 0 Å². The zero-order valence-electron chi connectivity index (χ0n) is 6.67. The Balaban J connectivity index is 2.19. The molecule has 58 valence electrons. The Morgan fingerprint density at radius 3 is 2.73 bits per heavy atom. The number of pyridine rings is 1. The summed E-state index contributed by atoms with van der Waals surface area (Å²) in [5.74, 6) is 0.765. The summed E-state index contributed by atoms with van der Waals surface area (Å²) >= 11 is 0. The second-order valence-electron chi connectivity index (χ2n) is 3.00. The van der Waals surface area contributed by atoms with Crippen molar-refractivity contribution in [1.82, 2.24) is 4.98 Å². The molecule has 1 heterocycles. The predicted octanol–water partition coefficient (Wildman–Crippen LogP) is 2.00. The molecule has 2 heteroatoms. The maximum atomic E-state index is 4.35. The summed E-state index contributed by atoms with van der Waals surface area (Å²) in [5.41, 5.74) is 2.35. The fourth-order valence-electron chi connectivity index (χ4n) is 1.17. The first-order valence-corrected chi connectivity index (χ1v) is 4.04. The van der Waals surface area contributed by atoms with Gasteiger partial charge in [-0.1, -0.05) is 0 Å². The Kier molecular flexibility index (Phi) is 1.53. The van der Waals surface area contributed by atoms with Gasteiger partial charge in [0.25, 0.3) is 0 Å². The lowest BCUT2D eigenvalue weighted by atomic mass is 10.2.